The van der Waals surface area contributed by atoms with Gasteiger partial charge in [0.1, 0.15) is 11.6 Å². The Morgan fingerprint density at radius 1 is 1.62 bits per heavy atom. The second-order valence-corrected chi connectivity index (χ2v) is 3.35. The molecule has 1 atom stereocenters. The molecule has 2 rings (SSSR count). The van der Waals surface area contributed by atoms with Crippen molar-refractivity contribution in [2.75, 3.05) is 0 Å². The zero-order valence-electron chi connectivity index (χ0n) is 7.40. The zero-order chi connectivity index (χ0) is 9.42. The van der Waals surface area contributed by atoms with Crippen LogP contribution in [0.3, 0.4) is 0 Å². The Morgan fingerprint density at radius 3 is 3.08 bits per heavy atom. The number of carbonyl (C=O) groups is 1. The number of fused-ring (bicyclic) bond motifs is 1. The fourth-order valence-electron chi connectivity index (χ4n) is 1.66. The Hall–Kier alpha value is -1.39. The zero-order valence-corrected chi connectivity index (χ0v) is 7.40. The van der Waals surface area contributed by atoms with E-state index in [0.29, 0.717) is 13.0 Å². The van der Waals surface area contributed by atoms with Crippen molar-refractivity contribution in [2.45, 2.75) is 26.3 Å². The van der Waals surface area contributed by atoms with E-state index < -0.39 is 5.97 Å². The third kappa shape index (κ3) is 1.30. The van der Waals surface area contributed by atoms with Gasteiger partial charge in [0.25, 0.3) is 0 Å². The predicted octanol–water partition coefficient (Wildman–Crippen LogP) is 0.234. The molecule has 0 radical (unpaired) electrons. The summed E-state index contributed by atoms with van der Waals surface area (Å²) in [5, 5.41) is 16.7. The van der Waals surface area contributed by atoms with Crippen LogP contribution in [0, 0.1) is 12.8 Å². The van der Waals surface area contributed by atoms with Crippen LogP contribution < -0.4 is 0 Å². The van der Waals surface area contributed by atoms with Gasteiger partial charge < -0.3 is 9.67 Å². The van der Waals surface area contributed by atoms with Gasteiger partial charge in [0, 0.05) is 13.0 Å². The maximum absolute atomic E-state index is 10.7. The van der Waals surface area contributed by atoms with E-state index in [1.807, 2.05) is 11.5 Å². The average Bonchev–Trinajstić information content (AvgIpc) is 2.47. The summed E-state index contributed by atoms with van der Waals surface area (Å²) >= 11 is 0. The van der Waals surface area contributed by atoms with Gasteiger partial charge in [0.05, 0.1) is 5.92 Å². The summed E-state index contributed by atoms with van der Waals surface area (Å²) in [5.41, 5.74) is 0. The fourth-order valence-corrected chi connectivity index (χ4v) is 1.66. The molecule has 0 saturated heterocycles. The normalized spacial score (nSPS) is 21.2. The molecule has 0 aliphatic carbocycles. The number of nitrogens with zero attached hydrogens (tertiary/aromatic N) is 3. The molecule has 1 N–H and O–H groups in total. The van der Waals surface area contributed by atoms with Gasteiger partial charge >= 0.3 is 5.97 Å². The minimum Gasteiger partial charge on any atom is -0.481 e. The van der Waals surface area contributed by atoms with Crippen LogP contribution in [-0.4, -0.2) is 25.8 Å². The summed E-state index contributed by atoms with van der Waals surface area (Å²) in [5.74, 6) is 0.719. The molecule has 13 heavy (non-hydrogen) atoms. The van der Waals surface area contributed by atoms with Gasteiger partial charge in [-0.15, -0.1) is 10.2 Å². The van der Waals surface area contributed by atoms with E-state index in [4.69, 9.17) is 5.11 Å². The van der Waals surface area contributed by atoms with Gasteiger partial charge in [-0.05, 0) is 13.3 Å². The molecular weight excluding hydrogens is 170 g/mol. The summed E-state index contributed by atoms with van der Waals surface area (Å²) in [6, 6.07) is 0. The smallest absolute Gasteiger partial charge is 0.308 e. The van der Waals surface area contributed by atoms with E-state index in [1.165, 1.54) is 0 Å². The van der Waals surface area contributed by atoms with Crippen molar-refractivity contribution in [1.82, 2.24) is 14.8 Å². The quantitative estimate of drug-likeness (QED) is 0.673. The highest BCUT2D eigenvalue weighted by atomic mass is 16.4. The van der Waals surface area contributed by atoms with E-state index in [9.17, 15) is 4.79 Å². The molecule has 0 bridgehead atoms. The summed E-state index contributed by atoms with van der Waals surface area (Å²) < 4.78 is 1.89. The van der Waals surface area contributed by atoms with Gasteiger partial charge in [-0.1, -0.05) is 0 Å². The van der Waals surface area contributed by atoms with Crippen LogP contribution in [0.15, 0.2) is 0 Å². The van der Waals surface area contributed by atoms with Gasteiger partial charge in [-0.3, -0.25) is 4.79 Å². The van der Waals surface area contributed by atoms with Crippen LogP contribution in [0.25, 0.3) is 0 Å². The molecule has 0 aromatic carbocycles. The third-order valence-electron chi connectivity index (χ3n) is 2.48. The maximum Gasteiger partial charge on any atom is 0.308 e. The van der Waals surface area contributed by atoms with Crippen LogP contribution >= 0.6 is 0 Å². The van der Waals surface area contributed by atoms with Crippen LogP contribution in [0.5, 0.6) is 0 Å². The van der Waals surface area contributed by atoms with Crippen LogP contribution in [0.4, 0.5) is 0 Å². The summed E-state index contributed by atoms with van der Waals surface area (Å²) in [6.45, 7) is 2.37. The standard InChI is InChI=1S/C8H11N3O2/c1-5-9-10-7-3-2-6(8(12)13)4-11(5)7/h6H,2-4H2,1H3,(H,12,13)/t6-/m0/s1. The molecule has 70 valence electrons. The molecule has 5 nitrogen and oxygen atoms in total. The molecule has 0 fully saturated rings. The van der Waals surface area contributed by atoms with Gasteiger partial charge in [-0.2, -0.15) is 0 Å². The minimum absolute atomic E-state index is 0.276. The fraction of sp³-hybridized carbons (Fsp3) is 0.625. The number of hydrogen-bond donors (Lipinski definition) is 1. The van der Waals surface area contributed by atoms with Crippen LogP contribution in [-0.2, 0) is 17.8 Å². The highest BCUT2D eigenvalue weighted by molar-refractivity contribution is 5.70. The molecule has 1 aliphatic rings. The lowest BCUT2D eigenvalue weighted by molar-refractivity contribution is -0.142. The second kappa shape index (κ2) is 2.83. The maximum atomic E-state index is 10.7. The van der Waals surface area contributed by atoms with Crippen molar-refractivity contribution in [3.8, 4) is 0 Å². The SMILES string of the molecule is Cc1nnc2n1C[C@@H](C(=O)O)CC2. The molecule has 1 aromatic heterocycles. The van der Waals surface area contributed by atoms with E-state index in [1.54, 1.807) is 0 Å². The summed E-state index contributed by atoms with van der Waals surface area (Å²) in [4.78, 5) is 10.7. The first kappa shape index (κ1) is 8.22. The number of carboxylic acid groups (broad SMARTS) is 1. The number of aromatic nitrogens is 3. The molecule has 0 spiro atoms. The first-order valence-electron chi connectivity index (χ1n) is 4.30. The molecular formula is C8H11N3O2. The molecule has 5 heteroatoms. The second-order valence-electron chi connectivity index (χ2n) is 3.35. The predicted molar refractivity (Wildman–Crippen MR) is 44.2 cm³/mol. The van der Waals surface area contributed by atoms with Gasteiger partial charge in [0.2, 0.25) is 0 Å². The Balaban J connectivity index is 2.27. The average molecular weight is 181 g/mol. The molecule has 0 unspecified atom stereocenters. The number of aryl methyl sites for hydroxylation is 2. The lowest BCUT2D eigenvalue weighted by Gasteiger charge is -2.20. The highest BCUT2D eigenvalue weighted by Gasteiger charge is 2.25. The molecule has 0 amide bonds. The Bertz CT molecular complexity index is 345. The van der Waals surface area contributed by atoms with E-state index in [2.05, 4.69) is 10.2 Å². The third-order valence-corrected chi connectivity index (χ3v) is 2.48. The molecule has 2 heterocycles. The van der Waals surface area contributed by atoms with Gasteiger partial charge in [0.15, 0.2) is 0 Å². The number of rotatable bonds is 1. The van der Waals surface area contributed by atoms with Crippen molar-refractivity contribution in [3.05, 3.63) is 11.6 Å². The van der Waals surface area contributed by atoms with Crippen molar-refractivity contribution >= 4 is 5.97 Å². The minimum atomic E-state index is -0.723. The van der Waals surface area contributed by atoms with Crippen LogP contribution in [0.2, 0.25) is 0 Å². The monoisotopic (exact) mass is 181 g/mol. The summed E-state index contributed by atoms with van der Waals surface area (Å²) in [6.07, 6.45) is 1.39. The number of hydrogen-bond acceptors (Lipinski definition) is 3. The van der Waals surface area contributed by atoms with Crippen molar-refractivity contribution < 1.29 is 9.90 Å². The van der Waals surface area contributed by atoms with Crippen LogP contribution in [0.1, 0.15) is 18.1 Å². The molecule has 0 saturated carbocycles. The molecule has 1 aliphatic heterocycles. The van der Waals surface area contributed by atoms with Crippen molar-refractivity contribution in [2.24, 2.45) is 5.92 Å². The van der Waals surface area contributed by atoms with Crippen molar-refractivity contribution in [3.63, 3.8) is 0 Å². The first-order chi connectivity index (χ1) is 6.18. The Kier molecular flexibility index (Phi) is 1.79. The number of aliphatic carboxylic acids is 1. The van der Waals surface area contributed by atoms with Crippen molar-refractivity contribution in [1.29, 1.82) is 0 Å². The summed E-state index contributed by atoms with van der Waals surface area (Å²) in [7, 11) is 0. The van der Waals surface area contributed by atoms with E-state index in [-0.39, 0.29) is 5.92 Å². The highest BCUT2D eigenvalue weighted by Crippen LogP contribution is 2.19. The number of carboxylic acids is 1. The van der Waals surface area contributed by atoms with Gasteiger partial charge in [-0.25, -0.2) is 0 Å². The van der Waals surface area contributed by atoms with E-state index in [0.717, 1.165) is 18.1 Å². The largest absolute Gasteiger partial charge is 0.481 e. The lowest BCUT2D eigenvalue weighted by Crippen LogP contribution is -2.27. The Morgan fingerprint density at radius 2 is 2.38 bits per heavy atom. The Labute approximate surface area is 75.4 Å². The first-order valence-corrected chi connectivity index (χ1v) is 4.30. The van der Waals surface area contributed by atoms with E-state index >= 15 is 0 Å². The topological polar surface area (TPSA) is 68.0 Å². The lowest BCUT2D eigenvalue weighted by atomic mass is 10.00. The molecule has 1 aromatic rings.